The van der Waals surface area contributed by atoms with Gasteiger partial charge in [-0.05, 0) is 35.4 Å². The number of carbonyl (C=O) groups is 4. The van der Waals surface area contributed by atoms with Gasteiger partial charge in [-0.3, -0.25) is 9.59 Å². The van der Waals surface area contributed by atoms with Gasteiger partial charge in [0.2, 0.25) is 0 Å². The number of ether oxygens (including phenoxy) is 2. The van der Waals surface area contributed by atoms with Crippen molar-refractivity contribution in [3.05, 3.63) is 47.5 Å². The topological polar surface area (TPSA) is 127 Å². The van der Waals surface area contributed by atoms with Crippen LogP contribution in [0.2, 0.25) is 0 Å². The first-order valence-electron chi connectivity index (χ1n) is 6.43. The summed E-state index contributed by atoms with van der Waals surface area (Å²) in [5.74, 6) is -2.80. The van der Waals surface area contributed by atoms with Crippen LogP contribution in [0.1, 0.15) is 20.7 Å². The van der Waals surface area contributed by atoms with E-state index in [9.17, 15) is 19.2 Å². The highest BCUT2D eigenvalue weighted by molar-refractivity contribution is 6.02. The van der Waals surface area contributed by atoms with Crippen molar-refractivity contribution in [2.45, 2.75) is 0 Å². The summed E-state index contributed by atoms with van der Waals surface area (Å²) in [5, 5.41) is 18.2. The second kappa shape index (κ2) is 7.05. The molecule has 0 unspecified atom stereocenters. The molecule has 0 radical (unpaired) electrons. The molecule has 2 rings (SSSR count). The summed E-state index contributed by atoms with van der Waals surface area (Å²) in [6.07, 6.45) is 0. The molecule has 0 spiro atoms. The zero-order chi connectivity index (χ0) is 17.7. The Labute approximate surface area is 134 Å². The van der Waals surface area contributed by atoms with Gasteiger partial charge in [0.05, 0.1) is 11.1 Å². The Bertz CT molecular complexity index is 825. The zero-order valence-corrected chi connectivity index (χ0v) is 12.0. The summed E-state index contributed by atoms with van der Waals surface area (Å²) >= 11 is 0. The Morgan fingerprint density at radius 3 is 1.88 bits per heavy atom. The number of rotatable bonds is 7. The van der Waals surface area contributed by atoms with Gasteiger partial charge in [-0.2, -0.15) is 0 Å². The number of hydrogen-bond acceptors (Lipinski definition) is 6. The molecule has 0 aromatic heterocycles. The minimum atomic E-state index is -1.39. The molecule has 0 fully saturated rings. The molecule has 0 heterocycles. The molecule has 2 N–H and O–H groups in total. The lowest BCUT2D eigenvalue weighted by molar-refractivity contribution is -0.123. The second-order valence-electron chi connectivity index (χ2n) is 4.46. The fourth-order valence-electron chi connectivity index (χ4n) is 2.07. The highest BCUT2D eigenvalue weighted by Gasteiger charge is 2.17. The molecular formula is C16H10O8. The lowest BCUT2D eigenvalue weighted by Crippen LogP contribution is -2.08. The molecule has 8 heteroatoms. The van der Waals surface area contributed by atoms with Gasteiger partial charge in [-0.15, -0.1) is 0 Å². The van der Waals surface area contributed by atoms with E-state index in [-0.39, 0.29) is 35.6 Å². The normalized spacial score (nSPS) is 9.83. The van der Waals surface area contributed by atoms with Crippen LogP contribution in [0.25, 0.3) is 11.1 Å². The van der Waals surface area contributed by atoms with Gasteiger partial charge in [-0.1, -0.05) is 12.1 Å². The third kappa shape index (κ3) is 3.38. The van der Waals surface area contributed by atoms with Crippen LogP contribution in [0.5, 0.6) is 11.5 Å². The predicted octanol–water partition coefficient (Wildman–Crippen LogP) is 1.82. The van der Waals surface area contributed by atoms with Crippen molar-refractivity contribution in [3.8, 4) is 22.6 Å². The summed E-state index contributed by atoms with van der Waals surface area (Å²) < 4.78 is 9.37. The molecule has 0 saturated carbocycles. The number of aromatic carboxylic acids is 2. The predicted molar refractivity (Wildman–Crippen MR) is 79.2 cm³/mol. The highest BCUT2D eigenvalue weighted by Crippen LogP contribution is 2.33. The van der Waals surface area contributed by atoms with Crippen molar-refractivity contribution in [2.24, 2.45) is 0 Å². The summed E-state index contributed by atoms with van der Waals surface area (Å²) in [5.41, 5.74) is 0.0814. The van der Waals surface area contributed by atoms with E-state index < -0.39 is 11.9 Å². The molecule has 0 aliphatic carbocycles. The molecular weight excluding hydrogens is 320 g/mol. The molecule has 0 aliphatic rings. The largest absolute Gasteiger partial charge is 0.478 e. The van der Waals surface area contributed by atoms with Crippen LogP contribution < -0.4 is 9.47 Å². The lowest BCUT2D eigenvalue weighted by Gasteiger charge is -2.10. The van der Waals surface area contributed by atoms with Crippen LogP contribution in [0.15, 0.2) is 36.4 Å². The van der Waals surface area contributed by atoms with Gasteiger partial charge in [0.25, 0.3) is 12.9 Å². The van der Waals surface area contributed by atoms with Crippen LogP contribution in [0.4, 0.5) is 0 Å². The van der Waals surface area contributed by atoms with Crippen molar-refractivity contribution in [1.82, 2.24) is 0 Å². The Hall–Kier alpha value is -3.68. The number of carboxylic acid groups (broad SMARTS) is 2. The first-order chi connectivity index (χ1) is 11.5. The first-order valence-corrected chi connectivity index (χ1v) is 6.43. The van der Waals surface area contributed by atoms with Crippen LogP contribution in [-0.4, -0.2) is 35.1 Å². The van der Waals surface area contributed by atoms with Crippen molar-refractivity contribution in [1.29, 1.82) is 0 Å². The Kier molecular flexibility index (Phi) is 4.90. The van der Waals surface area contributed by atoms with E-state index in [2.05, 4.69) is 4.74 Å². The van der Waals surface area contributed by atoms with E-state index in [0.29, 0.717) is 11.1 Å². The van der Waals surface area contributed by atoms with Gasteiger partial charge < -0.3 is 19.7 Å². The standard InChI is InChI=1S/C16H10O8/c17-7-23-13-4-2-10(6-14(13)24-8-18)9-1-3-11(15(19)20)12(5-9)16(21)22/h1-8H,(H,19,20)(H,21,22). The quantitative estimate of drug-likeness (QED) is 0.736. The van der Waals surface area contributed by atoms with Crippen molar-refractivity contribution >= 4 is 24.9 Å². The van der Waals surface area contributed by atoms with Crippen LogP contribution in [0.3, 0.4) is 0 Å². The molecule has 122 valence electrons. The van der Waals surface area contributed by atoms with Gasteiger partial charge in [-0.25, -0.2) is 9.59 Å². The van der Waals surface area contributed by atoms with Crippen LogP contribution in [0, 0.1) is 0 Å². The van der Waals surface area contributed by atoms with E-state index in [1.165, 1.54) is 30.3 Å². The molecule has 2 aromatic carbocycles. The summed E-state index contributed by atoms with van der Waals surface area (Å²) in [6, 6.07) is 7.97. The average Bonchev–Trinajstić information content (AvgIpc) is 2.56. The third-order valence-electron chi connectivity index (χ3n) is 3.11. The van der Waals surface area contributed by atoms with Crippen molar-refractivity contribution < 1.29 is 38.9 Å². The third-order valence-corrected chi connectivity index (χ3v) is 3.11. The van der Waals surface area contributed by atoms with E-state index in [1.54, 1.807) is 0 Å². The molecule has 2 aromatic rings. The molecule has 0 amide bonds. The first kappa shape index (κ1) is 16.7. The van der Waals surface area contributed by atoms with E-state index in [1.807, 2.05) is 0 Å². The minimum Gasteiger partial charge on any atom is -0.478 e. The monoisotopic (exact) mass is 330 g/mol. The molecule has 0 bridgehead atoms. The zero-order valence-electron chi connectivity index (χ0n) is 12.0. The van der Waals surface area contributed by atoms with Crippen molar-refractivity contribution in [3.63, 3.8) is 0 Å². The maximum Gasteiger partial charge on any atom is 0.336 e. The Balaban J connectivity index is 2.55. The Morgan fingerprint density at radius 2 is 1.29 bits per heavy atom. The molecule has 24 heavy (non-hydrogen) atoms. The molecule has 0 aliphatic heterocycles. The molecule has 0 atom stereocenters. The molecule has 0 saturated heterocycles. The minimum absolute atomic E-state index is 0.00136. The van der Waals surface area contributed by atoms with E-state index in [4.69, 9.17) is 14.9 Å². The van der Waals surface area contributed by atoms with Crippen LogP contribution >= 0.6 is 0 Å². The SMILES string of the molecule is O=COc1ccc(-c2ccc(C(=O)O)c(C(=O)O)c2)cc1OC=O. The maximum atomic E-state index is 11.2. The number of hydrogen-bond donors (Lipinski definition) is 2. The van der Waals surface area contributed by atoms with Crippen molar-refractivity contribution in [2.75, 3.05) is 0 Å². The van der Waals surface area contributed by atoms with E-state index >= 15 is 0 Å². The Morgan fingerprint density at radius 1 is 0.750 bits per heavy atom. The fourth-order valence-corrected chi connectivity index (χ4v) is 2.07. The number of carboxylic acids is 2. The maximum absolute atomic E-state index is 11.2. The molecule has 8 nitrogen and oxygen atoms in total. The summed E-state index contributed by atoms with van der Waals surface area (Å²) in [7, 11) is 0. The summed E-state index contributed by atoms with van der Waals surface area (Å²) in [6.45, 7) is 0.309. The van der Waals surface area contributed by atoms with Gasteiger partial charge in [0.15, 0.2) is 11.5 Å². The van der Waals surface area contributed by atoms with Gasteiger partial charge in [0.1, 0.15) is 0 Å². The van der Waals surface area contributed by atoms with Gasteiger partial charge in [0, 0.05) is 0 Å². The lowest BCUT2D eigenvalue weighted by atomic mass is 9.99. The number of carbonyl (C=O) groups excluding carboxylic acids is 2. The van der Waals surface area contributed by atoms with E-state index in [0.717, 1.165) is 6.07 Å². The number of benzene rings is 2. The smallest absolute Gasteiger partial charge is 0.336 e. The average molecular weight is 330 g/mol. The summed E-state index contributed by atoms with van der Waals surface area (Å²) in [4.78, 5) is 43.2. The fraction of sp³-hybridized carbons (Fsp3) is 0. The second-order valence-corrected chi connectivity index (χ2v) is 4.46. The van der Waals surface area contributed by atoms with Crippen LogP contribution in [-0.2, 0) is 9.59 Å². The van der Waals surface area contributed by atoms with Gasteiger partial charge >= 0.3 is 11.9 Å². The highest BCUT2D eigenvalue weighted by atomic mass is 16.6.